The number of aliphatic hydroxyl groups excluding tert-OH is 1. The molecule has 72 heavy (non-hydrogen) atoms. The number of benzene rings is 2. The molecule has 2 N–H and O–H groups in total. The molecule has 1 fully saturated rings. The summed E-state index contributed by atoms with van der Waals surface area (Å²) in [6, 6.07) is 4.89. The molecule has 28 heteroatoms. The second-order valence-corrected chi connectivity index (χ2v) is 21.9. The van der Waals surface area contributed by atoms with E-state index in [-0.39, 0.29) is 40.0 Å². The summed E-state index contributed by atoms with van der Waals surface area (Å²) in [5.74, 6) is -6.74. The van der Waals surface area contributed by atoms with Crippen LogP contribution in [-0.4, -0.2) is 107 Å². The number of amides is 2. The number of anilines is 1. The standard InChI is InChI=1S/C44H41ClF10N8O7S2/c1-21(64)17-60(4)33(66)19-63(71(67)68)40-35-30(45)9-8-27(37(35)62(59-40)20-42(48,49)50)26-7-6-25(10-11-41(2,3)72(5,69)70)56-36(26)31(14-22-12-23(46)15-24(47)13-22)57-32(65)18-61-39-34(38(58-61)44(53,54)55)28-16-29(28)43(39,51)52/h6-9,12-13,15,21,28-29,31,64,71H,14,16-20H2,1-5H3,(H,57,65)/t21?,28-,29+,31?/m0/s1. The molecule has 4 atom stereocenters. The van der Waals surface area contributed by atoms with Crippen LogP contribution >= 0.6 is 11.6 Å². The van der Waals surface area contributed by atoms with Crippen LogP contribution in [-0.2, 0) is 61.9 Å². The van der Waals surface area contributed by atoms with Crippen LogP contribution in [0.4, 0.5) is 49.7 Å². The van der Waals surface area contributed by atoms with E-state index in [4.69, 9.17) is 11.6 Å². The van der Waals surface area contributed by atoms with Crippen molar-refractivity contribution in [3.63, 3.8) is 0 Å². The van der Waals surface area contributed by atoms with Gasteiger partial charge in [0, 0.05) is 48.5 Å². The van der Waals surface area contributed by atoms with E-state index in [9.17, 15) is 66.7 Å². The Morgan fingerprint density at radius 1 is 1.01 bits per heavy atom. The molecule has 2 aliphatic carbocycles. The molecule has 2 aromatic carbocycles. The number of carbonyl (C=O) groups is 2. The minimum Gasteiger partial charge on any atom is -0.392 e. The lowest BCUT2D eigenvalue weighted by Gasteiger charge is -2.23. The Labute approximate surface area is 410 Å². The summed E-state index contributed by atoms with van der Waals surface area (Å²) < 4.78 is 197. The topological polar surface area (TPSA) is 190 Å². The molecule has 0 bridgehead atoms. The maximum atomic E-state index is 15.6. The number of nitrogens with one attached hydrogen (secondary N) is 1. The van der Waals surface area contributed by atoms with Crippen molar-refractivity contribution in [2.24, 2.45) is 5.92 Å². The van der Waals surface area contributed by atoms with E-state index in [1.54, 1.807) is 0 Å². The summed E-state index contributed by atoms with van der Waals surface area (Å²) in [5.41, 5.74) is -5.71. The van der Waals surface area contributed by atoms with Gasteiger partial charge < -0.3 is 15.3 Å². The Morgan fingerprint density at radius 2 is 1.65 bits per heavy atom. The quantitative estimate of drug-likeness (QED) is 0.0596. The largest absolute Gasteiger partial charge is 0.435 e. The van der Waals surface area contributed by atoms with E-state index in [1.807, 2.05) is 0 Å². The number of pyridine rings is 1. The van der Waals surface area contributed by atoms with Crippen LogP contribution in [0.3, 0.4) is 0 Å². The molecule has 5 aromatic rings. The van der Waals surface area contributed by atoms with Gasteiger partial charge in [0.1, 0.15) is 47.4 Å². The highest BCUT2D eigenvalue weighted by molar-refractivity contribution is 7.92. The Hall–Kier alpha value is -5.98. The Bertz CT molecular complexity index is 3250. The zero-order chi connectivity index (χ0) is 53.4. The maximum Gasteiger partial charge on any atom is 0.435 e. The first-order valence-corrected chi connectivity index (χ1v) is 24.7. The number of aliphatic hydroxyl groups is 1. The number of likely N-dealkylation sites (N-methyl/N-ethyl adjacent to an activating group) is 1. The average Bonchev–Trinajstić information content (AvgIpc) is 3.75. The number of hydrogen-bond acceptors (Lipinski definition) is 10. The molecule has 1 saturated carbocycles. The summed E-state index contributed by atoms with van der Waals surface area (Å²) in [6.07, 6.45) is -11.5. The van der Waals surface area contributed by atoms with Gasteiger partial charge in [-0.3, -0.25) is 19.0 Å². The monoisotopic (exact) mass is 1080 g/mol. The van der Waals surface area contributed by atoms with Crippen molar-refractivity contribution in [1.29, 1.82) is 0 Å². The normalized spacial score (nSPS) is 17.2. The molecule has 388 valence electrons. The van der Waals surface area contributed by atoms with Crippen LogP contribution < -0.4 is 9.62 Å². The second kappa shape index (κ2) is 19.1. The first-order chi connectivity index (χ1) is 33.2. The van der Waals surface area contributed by atoms with E-state index < -0.39 is 162 Å². The molecule has 0 radical (unpaired) electrons. The predicted octanol–water partition coefficient (Wildman–Crippen LogP) is 6.46. The molecule has 0 aliphatic heterocycles. The molecule has 3 aromatic heterocycles. The Morgan fingerprint density at radius 3 is 2.24 bits per heavy atom. The molecular weight excluding hydrogens is 1040 g/mol. The van der Waals surface area contributed by atoms with Gasteiger partial charge in [-0.15, -0.1) is 0 Å². The number of halogens is 11. The van der Waals surface area contributed by atoms with Crippen LogP contribution in [0.2, 0.25) is 5.02 Å². The van der Waals surface area contributed by atoms with Gasteiger partial charge in [0.05, 0.1) is 33.8 Å². The van der Waals surface area contributed by atoms with Gasteiger partial charge in [0.25, 0.3) is 5.92 Å². The Kier molecular flexibility index (Phi) is 14.3. The zero-order valence-corrected chi connectivity index (χ0v) is 40.6. The van der Waals surface area contributed by atoms with Crippen molar-refractivity contribution < 1.29 is 75.4 Å². The van der Waals surface area contributed by atoms with Gasteiger partial charge in [0.15, 0.2) is 21.3 Å². The molecular formula is C44H41ClF10N8O7S2. The van der Waals surface area contributed by atoms with E-state index in [0.717, 1.165) is 41.5 Å². The summed E-state index contributed by atoms with van der Waals surface area (Å²) >= 11 is 6.63. The van der Waals surface area contributed by atoms with E-state index >= 15 is 8.78 Å². The lowest BCUT2D eigenvalue weighted by Crippen LogP contribution is -2.40. The number of hydrogen-bond donors (Lipinski definition) is 3. The lowest BCUT2D eigenvalue weighted by atomic mass is 9.93. The SMILES string of the molecule is CC(O)CN(C)C(=O)CN(c1nn(CC(F)(F)F)c2c(-c3ccc(C#CC(C)(C)S(C)(=O)=O)nc3C(Cc3cc(F)cc(F)c3)NC(=O)Cn3nc(C(F)(F)F)c4c3C(F)(F)[C@@H]3C[C@H]43)ccc(Cl)c12)[SH](=O)=O. The summed E-state index contributed by atoms with van der Waals surface area (Å²) in [6.45, 7) is -0.764. The van der Waals surface area contributed by atoms with Crippen molar-refractivity contribution in [3.05, 3.63) is 93.0 Å². The molecule has 0 spiro atoms. The predicted molar refractivity (Wildman–Crippen MR) is 240 cm³/mol. The van der Waals surface area contributed by atoms with E-state index in [2.05, 4.69) is 32.3 Å². The number of fused-ring (bicyclic) bond motifs is 4. The number of carbonyl (C=O) groups excluding carboxylic acids is 2. The van der Waals surface area contributed by atoms with Gasteiger partial charge in [-0.25, -0.2) is 34.9 Å². The number of sulfone groups is 1. The number of nitrogens with zero attached hydrogens (tertiary/aromatic N) is 7. The van der Waals surface area contributed by atoms with Crippen LogP contribution in [0.25, 0.3) is 22.0 Å². The first-order valence-electron chi connectivity index (χ1n) is 21.3. The number of alkyl halides is 8. The minimum absolute atomic E-state index is 0.196. The smallest absolute Gasteiger partial charge is 0.392 e. The highest BCUT2D eigenvalue weighted by Crippen LogP contribution is 2.68. The van der Waals surface area contributed by atoms with Crippen molar-refractivity contribution >= 4 is 60.9 Å². The highest BCUT2D eigenvalue weighted by atomic mass is 35.5. The molecule has 0 saturated heterocycles. The number of thiol groups is 1. The molecule has 15 nitrogen and oxygen atoms in total. The zero-order valence-electron chi connectivity index (χ0n) is 38.1. The van der Waals surface area contributed by atoms with Gasteiger partial charge >= 0.3 is 12.4 Å². The fourth-order valence-electron chi connectivity index (χ4n) is 8.40. The Balaban J connectivity index is 1.47. The highest BCUT2D eigenvalue weighted by Gasteiger charge is 2.68. The molecule has 2 amide bonds. The van der Waals surface area contributed by atoms with Crippen molar-refractivity contribution in [3.8, 4) is 23.0 Å². The van der Waals surface area contributed by atoms with Crippen molar-refractivity contribution in [2.75, 3.05) is 30.7 Å². The third-order valence-electron chi connectivity index (χ3n) is 12.0. The molecule has 3 heterocycles. The van der Waals surface area contributed by atoms with Crippen LogP contribution in [0.15, 0.2) is 42.5 Å². The van der Waals surface area contributed by atoms with Gasteiger partial charge in [0.2, 0.25) is 22.7 Å². The molecule has 2 unspecified atom stereocenters. The van der Waals surface area contributed by atoms with Crippen LogP contribution in [0, 0.1) is 29.4 Å². The van der Waals surface area contributed by atoms with Gasteiger partial charge in [-0.2, -0.15) is 45.3 Å². The summed E-state index contributed by atoms with van der Waals surface area (Å²) in [4.78, 5) is 32.8. The fourth-order valence-corrected chi connectivity index (χ4v) is 9.40. The molecule has 7 rings (SSSR count). The van der Waals surface area contributed by atoms with Gasteiger partial charge in [-0.1, -0.05) is 23.6 Å². The van der Waals surface area contributed by atoms with E-state index in [0.29, 0.717) is 15.1 Å². The average molecular weight is 1080 g/mol. The fraction of sp³-hybridized carbons (Fsp3) is 0.432. The van der Waals surface area contributed by atoms with Crippen molar-refractivity contribution in [1.82, 2.24) is 34.8 Å². The molecule has 2 aliphatic rings. The van der Waals surface area contributed by atoms with E-state index in [1.165, 1.54) is 33.9 Å². The summed E-state index contributed by atoms with van der Waals surface area (Å²) in [7, 11) is -6.58. The first kappa shape index (κ1) is 53.8. The summed E-state index contributed by atoms with van der Waals surface area (Å²) in [5, 5.41) is 18.7. The number of rotatable bonds is 15. The maximum absolute atomic E-state index is 15.6. The second-order valence-electron chi connectivity index (χ2n) is 17.9. The van der Waals surface area contributed by atoms with Crippen LogP contribution in [0.1, 0.15) is 73.1 Å². The third-order valence-corrected chi connectivity index (χ3v) is 15.0. The third kappa shape index (κ3) is 11.0. The number of aromatic nitrogens is 5. The lowest BCUT2D eigenvalue weighted by molar-refractivity contribution is -0.143. The van der Waals surface area contributed by atoms with Crippen molar-refractivity contribution in [2.45, 2.75) is 87.8 Å². The minimum atomic E-state index is -5.22. The van der Waals surface area contributed by atoms with Crippen LogP contribution in [0.5, 0.6) is 0 Å². The van der Waals surface area contributed by atoms with Gasteiger partial charge in [-0.05, 0) is 81.3 Å².